The van der Waals surface area contributed by atoms with Crippen LogP contribution < -0.4 is 0 Å². The molecule has 0 aromatic heterocycles. The van der Waals surface area contributed by atoms with Crippen LogP contribution in [0.4, 0.5) is 0 Å². The van der Waals surface area contributed by atoms with E-state index in [1.54, 1.807) is 0 Å². The third kappa shape index (κ3) is 14.9. The highest BCUT2D eigenvalue weighted by Crippen LogP contribution is 2.08. The number of aliphatic hydroxyl groups is 2. The van der Waals surface area contributed by atoms with Crippen LogP contribution in [-0.2, 0) is 9.53 Å². The molecule has 0 aromatic carbocycles. The Balaban J connectivity index is 0. The summed E-state index contributed by atoms with van der Waals surface area (Å²) >= 11 is 0. The van der Waals surface area contributed by atoms with Crippen molar-refractivity contribution in [3.63, 3.8) is 0 Å². The molecule has 0 aliphatic rings. The van der Waals surface area contributed by atoms with Crippen LogP contribution in [0.3, 0.4) is 0 Å². The first-order chi connectivity index (χ1) is 7.47. The minimum absolute atomic E-state index is 0.0191. The van der Waals surface area contributed by atoms with E-state index in [1.165, 1.54) is 0 Å². The van der Waals surface area contributed by atoms with Gasteiger partial charge in [-0.15, -0.1) is 0 Å². The molecule has 0 atom stereocenters. The topological polar surface area (TPSA) is 87.0 Å². The number of hydrogen-bond donors (Lipinski definition) is 3. The van der Waals surface area contributed by atoms with Crippen LogP contribution in [0.5, 0.6) is 0 Å². The van der Waals surface area contributed by atoms with E-state index in [0.29, 0.717) is 24.4 Å². The SMILES string of the molecule is C=C(CCO)OC(=C)CCO.C=CC(=O)O. The van der Waals surface area contributed by atoms with Gasteiger partial charge in [-0.1, -0.05) is 19.7 Å². The predicted molar refractivity (Wildman–Crippen MR) is 60.6 cm³/mol. The van der Waals surface area contributed by atoms with Gasteiger partial charge in [-0.2, -0.15) is 0 Å². The van der Waals surface area contributed by atoms with Crippen molar-refractivity contribution in [2.24, 2.45) is 0 Å². The molecule has 16 heavy (non-hydrogen) atoms. The zero-order chi connectivity index (χ0) is 13.0. The van der Waals surface area contributed by atoms with Crippen molar-refractivity contribution >= 4 is 5.97 Å². The normalized spacial score (nSPS) is 8.38. The van der Waals surface area contributed by atoms with Gasteiger partial charge in [-0.3, -0.25) is 0 Å². The third-order valence-corrected chi connectivity index (χ3v) is 1.24. The zero-order valence-corrected chi connectivity index (χ0v) is 9.19. The molecule has 5 nitrogen and oxygen atoms in total. The lowest BCUT2D eigenvalue weighted by Crippen LogP contribution is -1.95. The predicted octanol–water partition coefficient (Wildman–Crippen LogP) is 1.05. The van der Waals surface area contributed by atoms with Crippen LogP contribution >= 0.6 is 0 Å². The van der Waals surface area contributed by atoms with Crippen LogP contribution in [0, 0.1) is 0 Å². The quantitative estimate of drug-likeness (QED) is 0.449. The number of carboxylic acids is 1. The van der Waals surface area contributed by atoms with E-state index in [1.807, 2.05) is 0 Å². The van der Waals surface area contributed by atoms with E-state index >= 15 is 0 Å². The zero-order valence-electron chi connectivity index (χ0n) is 9.19. The van der Waals surface area contributed by atoms with Gasteiger partial charge < -0.3 is 20.1 Å². The average molecular weight is 230 g/mol. The minimum Gasteiger partial charge on any atom is -0.478 e. The Morgan fingerprint density at radius 2 is 1.44 bits per heavy atom. The fraction of sp³-hybridized carbons (Fsp3) is 0.364. The maximum Gasteiger partial charge on any atom is 0.327 e. The highest BCUT2D eigenvalue weighted by molar-refractivity contribution is 5.78. The standard InChI is InChI=1S/C8H14O3.C3H4O2/c1-7(3-5-9)11-8(2)4-6-10;1-2-3(4)5/h9-10H,1-6H2;2H,1H2,(H,4,5). The molecule has 92 valence electrons. The highest BCUT2D eigenvalue weighted by atomic mass is 16.5. The molecule has 3 N–H and O–H groups in total. The fourth-order valence-corrected chi connectivity index (χ4v) is 0.556. The first-order valence-corrected chi connectivity index (χ1v) is 4.58. The first-order valence-electron chi connectivity index (χ1n) is 4.58. The van der Waals surface area contributed by atoms with E-state index in [0.717, 1.165) is 6.08 Å². The van der Waals surface area contributed by atoms with E-state index in [4.69, 9.17) is 20.1 Å². The maximum atomic E-state index is 9.25. The Kier molecular flexibility index (Phi) is 12.1. The first kappa shape index (κ1) is 16.8. The van der Waals surface area contributed by atoms with Gasteiger partial charge in [0, 0.05) is 18.9 Å². The number of aliphatic hydroxyl groups excluding tert-OH is 2. The molecule has 0 aromatic rings. The summed E-state index contributed by atoms with van der Waals surface area (Å²) < 4.78 is 5.02. The molecule has 0 aliphatic carbocycles. The van der Waals surface area contributed by atoms with Crippen molar-refractivity contribution in [3.05, 3.63) is 37.3 Å². The molecule has 0 heterocycles. The van der Waals surface area contributed by atoms with Gasteiger partial charge in [0.1, 0.15) is 0 Å². The average Bonchev–Trinajstić information content (AvgIpc) is 2.19. The van der Waals surface area contributed by atoms with Gasteiger partial charge in [-0.25, -0.2) is 4.79 Å². The lowest BCUT2D eigenvalue weighted by atomic mass is 10.3. The number of aliphatic carboxylic acids is 1. The maximum absolute atomic E-state index is 9.25. The molecule has 5 heteroatoms. The third-order valence-electron chi connectivity index (χ3n) is 1.24. The number of rotatable bonds is 7. The molecule has 0 unspecified atom stereocenters. The van der Waals surface area contributed by atoms with Crippen molar-refractivity contribution in [1.29, 1.82) is 0 Å². The van der Waals surface area contributed by atoms with Crippen molar-refractivity contribution in [2.45, 2.75) is 12.8 Å². The number of hydrogen-bond acceptors (Lipinski definition) is 4. The van der Waals surface area contributed by atoms with Crippen molar-refractivity contribution in [3.8, 4) is 0 Å². The summed E-state index contributed by atoms with van der Waals surface area (Å²) in [7, 11) is 0. The molecule has 0 radical (unpaired) electrons. The Morgan fingerprint density at radius 3 is 1.62 bits per heavy atom. The molecule has 0 spiro atoms. The fourth-order valence-electron chi connectivity index (χ4n) is 0.556. The molecule has 0 saturated heterocycles. The lowest BCUT2D eigenvalue weighted by molar-refractivity contribution is -0.131. The van der Waals surface area contributed by atoms with Crippen molar-refractivity contribution in [2.75, 3.05) is 13.2 Å². The Labute approximate surface area is 95.0 Å². The van der Waals surface area contributed by atoms with E-state index in [9.17, 15) is 4.79 Å². The number of carboxylic acid groups (broad SMARTS) is 1. The van der Waals surface area contributed by atoms with Gasteiger partial charge in [-0.05, 0) is 0 Å². The molecular formula is C11H18O5. The van der Waals surface area contributed by atoms with Crippen LogP contribution in [0.25, 0.3) is 0 Å². The van der Waals surface area contributed by atoms with E-state index in [-0.39, 0.29) is 13.2 Å². The molecular weight excluding hydrogens is 212 g/mol. The summed E-state index contributed by atoms with van der Waals surface area (Å²) in [5.41, 5.74) is 0. The van der Waals surface area contributed by atoms with E-state index < -0.39 is 5.97 Å². The van der Waals surface area contributed by atoms with E-state index in [2.05, 4.69) is 19.7 Å². The number of carbonyl (C=O) groups is 1. The molecule has 0 bridgehead atoms. The summed E-state index contributed by atoms with van der Waals surface area (Å²) in [6, 6.07) is 0. The van der Waals surface area contributed by atoms with Crippen LogP contribution in [0.1, 0.15) is 12.8 Å². The summed E-state index contributed by atoms with van der Waals surface area (Å²) in [4.78, 5) is 9.25. The van der Waals surface area contributed by atoms with Crippen molar-refractivity contribution in [1.82, 2.24) is 0 Å². The second-order valence-electron chi connectivity index (χ2n) is 2.67. The van der Waals surface area contributed by atoms with Crippen LogP contribution in [0.15, 0.2) is 37.3 Å². The lowest BCUT2D eigenvalue weighted by Gasteiger charge is -2.08. The van der Waals surface area contributed by atoms with Gasteiger partial charge >= 0.3 is 5.97 Å². The molecule has 0 aliphatic heterocycles. The van der Waals surface area contributed by atoms with Crippen molar-refractivity contribution < 1.29 is 24.9 Å². The second kappa shape index (κ2) is 11.5. The molecule has 0 fully saturated rings. The molecule has 0 rings (SSSR count). The summed E-state index contributed by atoms with van der Waals surface area (Å²) in [5, 5.41) is 24.5. The molecule has 0 amide bonds. The highest BCUT2D eigenvalue weighted by Gasteiger charge is 1.97. The summed E-state index contributed by atoms with van der Waals surface area (Å²) in [6.07, 6.45) is 1.65. The second-order valence-corrected chi connectivity index (χ2v) is 2.67. The van der Waals surface area contributed by atoms with Crippen LogP contribution in [-0.4, -0.2) is 34.5 Å². The van der Waals surface area contributed by atoms with Crippen LogP contribution in [0.2, 0.25) is 0 Å². The summed E-state index contributed by atoms with van der Waals surface area (Å²) in [5.74, 6) is -0.0260. The largest absolute Gasteiger partial charge is 0.478 e. The Morgan fingerprint density at radius 1 is 1.12 bits per heavy atom. The minimum atomic E-state index is -0.981. The Hall–Kier alpha value is -1.59. The van der Waals surface area contributed by atoms with Gasteiger partial charge in [0.2, 0.25) is 0 Å². The summed E-state index contributed by atoms with van der Waals surface area (Å²) in [6.45, 7) is 10.1. The Bertz CT molecular complexity index is 229. The molecule has 0 saturated carbocycles. The number of ether oxygens (including phenoxy) is 1. The smallest absolute Gasteiger partial charge is 0.327 e. The van der Waals surface area contributed by atoms with Gasteiger partial charge in [0.25, 0.3) is 0 Å². The monoisotopic (exact) mass is 230 g/mol. The van der Waals surface area contributed by atoms with Gasteiger partial charge in [0.05, 0.1) is 24.7 Å². The van der Waals surface area contributed by atoms with Gasteiger partial charge in [0.15, 0.2) is 0 Å².